The molecule has 5 nitrogen and oxygen atoms in total. The fourth-order valence-corrected chi connectivity index (χ4v) is 3.66. The number of nitrogens with one attached hydrogen (secondary N) is 2. The van der Waals surface area contributed by atoms with Crippen molar-refractivity contribution in [1.82, 2.24) is 5.32 Å². The van der Waals surface area contributed by atoms with E-state index in [0.717, 1.165) is 17.7 Å². The summed E-state index contributed by atoms with van der Waals surface area (Å²) in [5.41, 5.74) is 3.21. The fraction of sp³-hybridized carbons (Fsp3) is 0.167. The molecule has 0 aliphatic rings. The van der Waals surface area contributed by atoms with Crippen molar-refractivity contribution < 1.29 is 9.59 Å². The summed E-state index contributed by atoms with van der Waals surface area (Å²) in [6.07, 6.45) is 0.732. The second-order valence-electron chi connectivity index (χ2n) is 7.23. The highest BCUT2D eigenvalue weighted by Crippen LogP contribution is 2.24. The number of nitrogens with zero attached hydrogens (tertiary/aromatic N) is 1. The molecule has 0 unspecified atom stereocenters. The second kappa shape index (κ2) is 10.3. The van der Waals surface area contributed by atoms with Crippen LogP contribution in [0.3, 0.4) is 0 Å². The van der Waals surface area contributed by atoms with Gasteiger partial charge in [0.2, 0.25) is 0 Å². The molecule has 0 spiro atoms. The molecule has 0 saturated heterocycles. The summed E-state index contributed by atoms with van der Waals surface area (Å²) in [6.45, 7) is 0.507. The van der Waals surface area contributed by atoms with E-state index in [4.69, 9.17) is 23.2 Å². The molecule has 0 aliphatic heterocycles. The molecule has 0 bridgehead atoms. The van der Waals surface area contributed by atoms with E-state index in [0.29, 0.717) is 33.4 Å². The summed E-state index contributed by atoms with van der Waals surface area (Å²) >= 11 is 12.0. The van der Waals surface area contributed by atoms with E-state index in [2.05, 4.69) is 10.6 Å². The van der Waals surface area contributed by atoms with Crippen LogP contribution in [0.25, 0.3) is 0 Å². The molecule has 3 aromatic carbocycles. The van der Waals surface area contributed by atoms with Gasteiger partial charge in [0.1, 0.15) is 0 Å². The standard InChI is InChI=1S/C24H23Cl2N3O2/c1-29(2)22-9-8-20(28-23(30)17-12-18(25)14-19(26)13-17)15-21(22)24(31)27-11-10-16-6-4-3-5-7-16/h3-9,12-15H,10-11H2,1-2H3,(H,27,31)(H,28,30). The molecule has 0 heterocycles. The highest BCUT2D eigenvalue weighted by molar-refractivity contribution is 6.35. The Morgan fingerprint density at radius 3 is 2.19 bits per heavy atom. The highest BCUT2D eigenvalue weighted by Gasteiger charge is 2.15. The van der Waals surface area contributed by atoms with Gasteiger partial charge in [-0.25, -0.2) is 0 Å². The molecule has 0 aromatic heterocycles. The molecule has 2 amide bonds. The third-order valence-corrected chi connectivity index (χ3v) is 5.08. The Morgan fingerprint density at radius 2 is 1.55 bits per heavy atom. The first kappa shape index (κ1) is 22.7. The number of hydrogen-bond acceptors (Lipinski definition) is 3. The molecule has 0 fully saturated rings. The lowest BCUT2D eigenvalue weighted by Crippen LogP contribution is -2.28. The van der Waals surface area contributed by atoms with Crippen LogP contribution in [0, 0.1) is 0 Å². The molecule has 2 N–H and O–H groups in total. The summed E-state index contributed by atoms with van der Waals surface area (Å²) in [5, 5.41) is 6.51. The average molecular weight is 456 g/mol. The van der Waals surface area contributed by atoms with Crippen molar-refractivity contribution in [1.29, 1.82) is 0 Å². The van der Waals surface area contributed by atoms with E-state index in [1.54, 1.807) is 24.3 Å². The van der Waals surface area contributed by atoms with Crippen molar-refractivity contribution in [3.8, 4) is 0 Å². The van der Waals surface area contributed by atoms with Crippen molar-refractivity contribution >= 4 is 46.4 Å². The van der Waals surface area contributed by atoms with Crippen LogP contribution < -0.4 is 15.5 Å². The van der Waals surface area contributed by atoms with Gasteiger partial charge >= 0.3 is 0 Å². The summed E-state index contributed by atoms with van der Waals surface area (Å²) in [4.78, 5) is 27.3. The fourth-order valence-electron chi connectivity index (χ4n) is 3.13. The topological polar surface area (TPSA) is 61.4 Å². The highest BCUT2D eigenvalue weighted by atomic mass is 35.5. The van der Waals surface area contributed by atoms with Crippen LogP contribution in [0.1, 0.15) is 26.3 Å². The van der Waals surface area contributed by atoms with Crippen LogP contribution in [0.2, 0.25) is 10.0 Å². The number of rotatable bonds is 7. The van der Waals surface area contributed by atoms with E-state index in [-0.39, 0.29) is 11.8 Å². The molecule has 0 aliphatic carbocycles. The molecule has 0 atom stereocenters. The zero-order valence-corrected chi connectivity index (χ0v) is 18.8. The van der Waals surface area contributed by atoms with E-state index < -0.39 is 0 Å². The maximum absolute atomic E-state index is 12.9. The first-order valence-electron chi connectivity index (χ1n) is 9.74. The molecule has 160 valence electrons. The number of carbonyl (C=O) groups excluding carboxylic acids is 2. The minimum Gasteiger partial charge on any atom is -0.377 e. The Kier molecular flexibility index (Phi) is 7.55. The van der Waals surface area contributed by atoms with Crippen molar-refractivity contribution in [2.45, 2.75) is 6.42 Å². The smallest absolute Gasteiger partial charge is 0.255 e. The van der Waals surface area contributed by atoms with Crippen LogP contribution in [-0.4, -0.2) is 32.5 Å². The van der Waals surface area contributed by atoms with Crippen molar-refractivity contribution in [2.75, 3.05) is 30.9 Å². The number of anilines is 2. The average Bonchev–Trinajstić information content (AvgIpc) is 2.73. The summed E-state index contributed by atoms with van der Waals surface area (Å²) in [6, 6.07) is 19.8. The predicted molar refractivity (Wildman–Crippen MR) is 128 cm³/mol. The molecular formula is C24H23Cl2N3O2. The number of carbonyl (C=O) groups is 2. The Hall–Kier alpha value is -3.02. The van der Waals surface area contributed by atoms with Crippen LogP contribution >= 0.6 is 23.2 Å². The molecule has 0 saturated carbocycles. The van der Waals surface area contributed by atoms with Gasteiger partial charge in [0.15, 0.2) is 0 Å². The lowest BCUT2D eigenvalue weighted by atomic mass is 10.1. The van der Waals surface area contributed by atoms with Crippen molar-refractivity contribution in [3.63, 3.8) is 0 Å². The molecule has 0 radical (unpaired) electrons. The summed E-state index contributed by atoms with van der Waals surface area (Å²) in [7, 11) is 3.73. The largest absolute Gasteiger partial charge is 0.377 e. The minimum atomic E-state index is -0.363. The van der Waals surface area contributed by atoms with Crippen LogP contribution in [0.5, 0.6) is 0 Å². The predicted octanol–water partition coefficient (Wildman–Crippen LogP) is 5.28. The lowest BCUT2D eigenvalue weighted by molar-refractivity contribution is 0.0953. The summed E-state index contributed by atoms with van der Waals surface area (Å²) < 4.78 is 0. The quantitative estimate of drug-likeness (QED) is 0.508. The third-order valence-electron chi connectivity index (χ3n) is 4.65. The number of benzene rings is 3. The third kappa shape index (κ3) is 6.23. The zero-order chi connectivity index (χ0) is 22.4. The molecule has 3 aromatic rings. The molecule has 3 rings (SSSR count). The normalized spacial score (nSPS) is 10.5. The monoisotopic (exact) mass is 455 g/mol. The first-order valence-corrected chi connectivity index (χ1v) is 10.5. The van der Waals surface area contributed by atoms with Gasteiger partial charge in [-0.1, -0.05) is 53.5 Å². The van der Waals surface area contributed by atoms with E-state index in [1.807, 2.05) is 49.3 Å². The maximum atomic E-state index is 12.9. The van der Waals surface area contributed by atoms with Gasteiger partial charge in [0.25, 0.3) is 11.8 Å². The molecular weight excluding hydrogens is 433 g/mol. The lowest BCUT2D eigenvalue weighted by Gasteiger charge is -2.18. The zero-order valence-electron chi connectivity index (χ0n) is 17.3. The first-order chi connectivity index (χ1) is 14.8. The second-order valence-corrected chi connectivity index (χ2v) is 8.10. The van der Waals surface area contributed by atoms with Gasteiger partial charge in [0, 0.05) is 47.6 Å². The van der Waals surface area contributed by atoms with E-state index >= 15 is 0 Å². The molecule has 31 heavy (non-hydrogen) atoms. The Morgan fingerprint density at radius 1 is 0.871 bits per heavy atom. The van der Waals surface area contributed by atoms with Gasteiger partial charge in [-0.2, -0.15) is 0 Å². The van der Waals surface area contributed by atoms with Crippen LogP contribution in [0.15, 0.2) is 66.7 Å². The summed E-state index contributed by atoms with van der Waals surface area (Å²) in [5.74, 6) is -0.570. The maximum Gasteiger partial charge on any atom is 0.255 e. The SMILES string of the molecule is CN(C)c1ccc(NC(=O)c2cc(Cl)cc(Cl)c2)cc1C(=O)NCCc1ccccc1. The minimum absolute atomic E-state index is 0.207. The Labute approximate surface area is 192 Å². The van der Waals surface area contributed by atoms with Crippen molar-refractivity contribution in [3.05, 3.63) is 93.5 Å². The van der Waals surface area contributed by atoms with Gasteiger partial charge < -0.3 is 15.5 Å². The number of hydrogen-bond donors (Lipinski definition) is 2. The van der Waals surface area contributed by atoms with Crippen LogP contribution in [-0.2, 0) is 6.42 Å². The number of amides is 2. The molecule has 7 heteroatoms. The van der Waals surface area contributed by atoms with Crippen LogP contribution in [0.4, 0.5) is 11.4 Å². The van der Waals surface area contributed by atoms with E-state index in [9.17, 15) is 9.59 Å². The Balaban J connectivity index is 1.75. The van der Waals surface area contributed by atoms with Crippen molar-refractivity contribution in [2.24, 2.45) is 0 Å². The van der Waals surface area contributed by atoms with Gasteiger partial charge in [-0.15, -0.1) is 0 Å². The van der Waals surface area contributed by atoms with E-state index in [1.165, 1.54) is 12.1 Å². The Bertz CT molecular complexity index is 1070. The van der Waals surface area contributed by atoms with Gasteiger partial charge in [-0.05, 0) is 48.4 Å². The van der Waals surface area contributed by atoms with Gasteiger partial charge in [0.05, 0.1) is 5.56 Å². The van der Waals surface area contributed by atoms with Gasteiger partial charge in [-0.3, -0.25) is 9.59 Å². The number of halogens is 2.